The topological polar surface area (TPSA) is 94.8 Å². The molecule has 5 heteroatoms. The maximum atomic E-state index is 11.2. The van der Waals surface area contributed by atoms with Gasteiger partial charge in [-0.05, 0) is 54.5 Å². The molecule has 0 aliphatic rings. The molecule has 2 aromatic rings. The molecule has 0 heterocycles. The van der Waals surface area contributed by atoms with E-state index >= 15 is 0 Å². The molecular formula is C19H20O5. The molecule has 0 aliphatic carbocycles. The molecule has 0 fully saturated rings. The van der Waals surface area contributed by atoms with Gasteiger partial charge in [0.15, 0.2) is 0 Å². The van der Waals surface area contributed by atoms with Crippen molar-refractivity contribution in [2.24, 2.45) is 0 Å². The molecule has 5 nitrogen and oxygen atoms in total. The van der Waals surface area contributed by atoms with Crippen molar-refractivity contribution in [2.75, 3.05) is 0 Å². The Morgan fingerprint density at radius 2 is 1.58 bits per heavy atom. The van der Waals surface area contributed by atoms with Crippen molar-refractivity contribution >= 4 is 11.9 Å². The number of aromatic carboxylic acids is 2. The average molecular weight is 328 g/mol. The quantitative estimate of drug-likeness (QED) is 0.723. The highest BCUT2D eigenvalue weighted by atomic mass is 16.4. The van der Waals surface area contributed by atoms with E-state index in [0.717, 1.165) is 29.5 Å². The minimum Gasteiger partial charge on any atom is -0.507 e. The Bertz CT molecular complexity index is 764. The van der Waals surface area contributed by atoms with Gasteiger partial charge >= 0.3 is 11.9 Å². The highest BCUT2D eigenvalue weighted by Gasteiger charge is 2.16. The number of phenolic OH excluding ortho intramolecular Hbond substituents is 1. The number of aryl methyl sites for hydroxylation is 3. The number of benzene rings is 2. The second-order valence-corrected chi connectivity index (χ2v) is 5.62. The molecule has 0 bridgehead atoms. The number of phenols is 1. The third kappa shape index (κ3) is 3.93. The third-order valence-corrected chi connectivity index (χ3v) is 4.04. The first-order chi connectivity index (χ1) is 11.4. The van der Waals surface area contributed by atoms with Crippen molar-refractivity contribution < 1.29 is 24.9 Å². The SMILES string of the molecule is CCc1cccc(CCCc2ccc(C(=O)O)c(C(=O)O)c2)c1O. The van der Waals surface area contributed by atoms with Crippen LogP contribution in [0.15, 0.2) is 36.4 Å². The van der Waals surface area contributed by atoms with Crippen molar-refractivity contribution in [1.29, 1.82) is 0 Å². The Balaban J connectivity index is 2.09. The molecule has 0 aromatic heterocycles. The fourth-order valence-corrected chi connectivity index (χ4v) is 2.72. The van der Waals surface area contributed by atoms with Gasteiger partial charge in [0.2, 0.25) is 0 Å². The van der Waals surface area contributed by atoms with Gasteiger partial charge in [-0.25, -0.2) is 9.59 Å². The molecule has 3 N–H and O–H groups in total. The van der Waals surface area contributed by atoms with E-state index in [-0.39, 0.29) is 11.1 Å². The van der Waals surface area contributed by atoms with E-state index in [1.54, 1.807) is 6.07 Å². The molecular weight excluding hydrogens is 308 g/mol. The van der Waals surface area contributed by atoms with Crippen LogP contribution in [-0.2, 0) is 19.3 Å². The second-order valence-electron chi connectivity index (χ2n) is 5.62. The summed E-state index contributed by atoms with van der Waals surface area (Å²) < 4.78 is 0. The highest BCUT2D eigenvalue weighted by molar-refractivity contribution is 6.01. The lowest BCUT2D eigenvalue weighted by atomic mass is 9.98. The Kier molecular flexibility index (Phi) is 5.58. The van der Waals surface area contributed by atoms with Crippen molar-refractivity contribution in [3.05, 3.63) is 64.2 Å². The van der Waals surface area contributed by atoms with Crippen LogP contribution in [0.4, 0.5) is 0 Å². The number of carbonyl (C=O) groups is 2. The third-order valence-electron chi connectivity index (χ3n) is 4.04. The van der Waals surface area contributed by atoms with Gasteiger partial charge < -0.3 is 15.3 Å². The zero-order chi connectivity index (χ0) is 17.7. The number of rotatable bonds is 7. The van der Waals surface area contributed by atoms with Gasteiger partial charge in [-0.15, -0.1) is 0 Å². The molecule has 0 aliphatic heterocycles. The lowest BCUT2D eigenvalue weighted by molar-refractivity contribution is 0.0651. The summed E-state index contributed by atoms with van der Waals surface area (Å²) in [4.78, 5) is 22.2. The molecule has 2 aromatic carbocycles. The summed E-state index contributed by atoms with van der Waals surface area (Å²) in [6.45, 7) is 1.98. The maximum Gasteiger partial charge on any atom is 0.336 e. The number of para-hydroxylation sites is 1. The molecule has 0 saturated carbocycles. The zero-order valence-corrected chi connectivity index (χ0v) is 13.5. The number of carboxylic acids is 2. The van der Waals surface area contributed by atoms with Crippen LogP contribution in [0.25, 0.3) is 0 Å². The van der Waals surface area contributed by atoms with Crippen LogP contribution in [0, 0.1) is 0 Å². The first-order valence-electron chi connectivity index (χ1n) is 7.83. The van der Waals surface area contributed by atoms with Crippen molar-refractivity contribution in [3.63, 3.8) is 0 Å². The number of hydrogen-bond acceptors (Lipinski definition) is 3. The van der Waals surface area contributed by atoms with E-state index < -0.39 is 11.9 Å². The molecule has 0 unspecified atom stereocenters. The van der Waals surface area contributed by atoms with E-state index in [2.05, 4.69) is 0 Å². The van der Waals surface area contributed by atoms with E-state index in [1.807, 2.05) is 25.1 Å². The van der Waals surface area contributed by atoms with Gasteiger partial charge in [0.05, 0.1) is 11.1 Å². The molecule has 0 spiro atoms. The van der Waals surface area contributed by atoms with Crippen LogP contribution in [-0.4, -0.2) is 27.3 Å². The lowest BCUT2D eigenvalue weighted by Gasteiger charge is -2.09. The van der Waals surface area contributed by atoms with Crippen LogP contribution in [0.2, 0.25) is 0 Å². The maximum absolute atomic E-state index is 11.2. The molecule has 0 radical (unpaired) electrons. The van der Waals surface area contributed by atoms with E-state index in [9.17, 15) is 14.7 Å². The largest absolute Gasteiger partial charge is 0.507 e. The predicted octanol–water partition coefficient (Wildman–Crippen LogP) is 3.53. The van der Waals surface area contributed by atoms with E-state index in [1.165, 1.54) is 12.1 Å². The van der Waals surface area contributed by atoms with Crippen LogP contribution in [0.3, 0.4) is 0 Å². The summed E-state index contributed by atoms with van der Waals surface area (Å²) in [5.41, 5.74) is 2.14. The highest BCUT2D eigenvalue weighted by Crippen LogP contribution is 2.24. The Morgan fingerprint density at radius 3 is 2.21 bits per heavy atom. The van der Waals surface area contributed by atoms with Crippen LogP contribution in [0.1, 0.15) is 50.8 Å². The Morgan fingerprint density at radius 1 is 0.917 bits per heavy atom. The van der Waals surface area contributed by atoms with Gasteiger partial charge in [-0.1, -0.05) is 31.2 Å². The summed E-state index contributed by atoms with van der Waals surface area (Å²) >= 11 is 0. The zero-order valence-electron chi connectivity index (χ0n) is 13.5. The van der Waals surface area contributed by atoms with Gasteiger partial charge in [0.25, 0.3) is 0 Å². The molecule has 0 saturated heterocycles. The summed E-state index contributed by atoms with van der Waals surface area (Å²) in [6, 6.07) is 10.1. The van der Waals surface area contributed by atoms with Gasteiger partial charge in [-0.2, -0.15) is 0 Å². The second kappa shape index (κ2) is 7.64. The molecule has 0 atom stereocenters. The minimum atomic E-state index is -1.25. The van der Waals surface area contributed by atoms with Crippen LogP contribution in [0.5, 0.6) is 5.75 Å². The fraction of sp³-hybridized carbons (Fsp3) is 0.263. The molecule has 24 heavy (non-hydrogen) atoms. The number of carboxylic acid groups (broad SMARTS) is 2. The van der Waals surface area contributed by atoms with Crippen molar-refractivity contribution in [1.82, 2.24) is 0 Å². The molecule has 126 valence electrons. The standard InChI is InChI=1S/C19H20O5/c1-2-13-6-4-8-14(17(13)20)7-3-5-12-9-10-15(18(21)22)16(11-12)19(23)24/h4,6,8-11,20H,2-3,5,7H2,1H3,(H,21,22)(H,23,24). The summed E-state index contributed by atoms with van der Waals surface area (Å²) in [5, 5.41) is 28.3. The first-order valence-corrected chi connectivity index (χ1v) is 7.83. The first kappa shape index (κ1) is 17.5. The number of hydrogen-bond donors (Lipinski definition) is 3. The average Bonchev–Trinajstić information content (AvgIpc) is 2.56. The summed E-state index contributed by atoms with van der Waals surface area (Å²) in [5.74, 6) is -2.17. The monoisotopic (exact) mass is 328 g/mol. The lowest BCUT2D eigenvalue weighted by Crippen LogP contribution is -2.08. The minimum absolute atomic E-state index is 0.198. The van der Waals surface area contributed by atoms with Gasteiger partial charge in [-0.3, -0.25) is 0 Å². The Labute approximate surface area is 140 Å². The van der Waals surface area contributed by atoms with Gasteiger partial charge in [0, 0.05) is 0 Å². The normalized spacial score (nSPS) is 10.5. The molecule has 0 amide bonds. The van der Waals surface area contributed by atoms with E-state index in [0.29, 0.717) is 18.6 Å². The smallest absolute Gasteiger partial charge is 0.336 e. The fourth-order valence-electron chi connectivity index (χ4n) is 2.72. The van der Waals surface area contributed by atoms with Crippen molar-refractivity contribution in [3.8, 4) is 5.75 Å². The van der Waals surface area contributed by atoms with Crippen molar-refractivity contribution in [2.45, 2.75) is 32.6 Å². The Hall–Kier alpha value is -2.82. The summed E-state index contributed by atoms with van der Waals surface area (Å²) in [7, 11) is 0. The molecule has 2 rings (SSSR count). The van der Waals surface area contributed by atoms with Crippen LogP contribution < -0.4 is 0 Å². The van der Waals surface area contributed by atoms with E-state index in [4.69, 9.17) is 10.2 Å². The summed E-state index contributed by atoms with van der Waals surface area (Å²) in [6.07, 6.45) is 2.77. The van der Waals surface area contributed by atoms with Crippen LogP contribution >= 0.6 is 0 Å². The van der Waals surface area contributed by atoms with Gasteiger partial charge in [0.1, 0.15) is 5.75 Å². The number of aromatic hydroxyl groups is 1. The predicted molar refractivity (Wildman–Crippen MR) is 89.9 cm³/mol.